The van der Waals surface area contributed by atoms with Crippen molar-refractivity contribution >= 4 is 24.2 Å². The molecule has 1 heterocycles. The van der Waals surface area contributed by atoms with Crippen LogP contribution in [0.25, 0.3) is 0 Å². The van der Waals surface area contributed by atoms with E-state index in [1.165, 1.54) is 30.3 Å². The van der Waals surface area contributed by atoms with Crippen molar-refractivity contribution in [2.45, 2.75) is 12.5 Å². The van der Waals surface area contributed by atoms with Gasteiger partial charge in [0.15, 0.2) is 0 Å². The van der Waals surface area contributed by atoms with Gasteiger partial charge in [-0.2, -0.15) is 0 Å². The van der Waals surface area contributed by atoms with Crippen LogP contribution in [-0.4, -0.2) is 42.9 Å². The quantitative estimate of drug-likeness (QED) is 0.796. The Morgan fingerprint density at radius 3 is 2.54 bits per heavy atom. The molecule has 28 heavy (non-hydrogen) atoms. The van der Waals surface area contributed by atoms with Gasteiger partial charge in [0, 0.05) is 19.6 Å². The van der Waals surface area contributed by atoms with E-state index in [2.05, 4.69) is 10.6 Å². The zero-order valence-electron chi connectivity index (χ0n) is 15.2. The van der Waals surface area contributed by atoms with Crippen molar-refractivity contribution in [3.63, 3.8) is 0 Å². The van der Waals surface area contributed by atoms with Gasteiger partial charge in [-0.05, 0) is 35.4 Å². The van der Waals surface area contributed by atoms with Crippen LogP contribution in [0.3, 0.4) is 0 Å². The predicted molar refractivity (Wildman–Crippen MR) is 104 cm³/mol. The van der Waals surface area contributed by atoms with Gasteiger partial charge in [0.1, 0.15) is 11.6 Å². The Labute approximate surface area is 168 Å². The lowest BCUT2D eigenvalue weighted by Crippen LogP contribution is -2.51. The molecule has 1 fully saturated rings. The molecule has 0 aromatic heterocycles. The number of halogens is 3. The van der Waals surface area contributed by atoms with Crippen LogP contribution in [0.1, 0.15) is 17.2 Å². The van der Waals surface area contributed by atoms with Gasteiger partial charge in [-0.25, -0.2) is 8.78 Å². The molecule has 2 amide bonds. The number of rotatable bonds is 5. The minimum absolute atomic E-state index is 0. The smallest absolute Gasteiger partial charge is 0.242 e. The van der Waals surface area contributed by atoms with E-state index in [9.17, 15) is 18.4 Å². The number of hydrogen-bond donors (Lipinski definition) is 2. The fourth-order valence-electron chi connectivity index (χ4n) is 3.19. The second kappa shape index (κ2) is 10.1. The van der Waals surface area contributed by atoms with E-state index in [0.29, 0.717) is 30.8 Å². The highest BCUT2D eigenvalue weighted by molar-refractivity contribution is 5.86. The number of carbonyl (C=O) groups is 2. The molecule has 1 atom stereocenters. The fraction of sp³-hybridized carbons (Fsp3) is 0.300. The predicted octanol–water partition coefficient (Wildman–Crippen LogP) is 2.22. The summed E-state index contributed by atoms with van der Waals surface area (Å²) >= 11 is 0. The molecule has 0 saturated carbocycles. The molecule has 1 aliphatic rings. The van der Waals surface area contributed by atoms with Crippen molar-refractivity contribution in [1.29, 1.82) is 0 Å². The van der Waals surface area contributed by atoms with E-state index >= 15 is 0 Å². The number of benzene rings is 2. The number of hydrogen-bond acceptors (Lipinski definition) is 3. The summed E-state index contributed by atoms with van der Waals surface area (Å²) in [6.07, 6.45) is -0.0000787. The Balaban J connectivity index is 0.00000280. The van der Waals surface area contributed by atoms with E-state index < -0.39 is 5.82 Å². The zero-order chi connectivity index (χ0) is 19.2. The van der Waals surface area contributed by atoms with Crippen LogP contribution in [-0.2, 0) is 16.0 Å². The standard InChI is InChI=1S/C20H21F2N3O2.ClH/c21-16-5-1-3-14(9-16)10-19(26)24-13-20(27)25-8-7-23-12-18(25)15-4-2-6-17(22)11-15;/h1-6,9,11,18,23H,7-8,10,12-13H2,(H,24,26);1H. The molecule has 2 aromatic carbocycles. The molecule has 1 aliphatic heterocycles. The topological polar surface area (TPSA) is 61.4 Å². The average molecular weight is 410 g/mol. The first kappa shape index (κ1) is 21.8. The Kier molecular flexibility index (Phi) is 7.90. The number of nitrogens with one attached hydrogen (secondary N) is 2. The highest BCUT2D eigenvalue weighted by Gasteiger charge is 2.28. The van der Waals surface area contributed by atoms with Gasteiger partial charge >= 0.3 is 0 Å². The first-order valence-corrected chi connectivity index (χ1v) is 8.80. The zero-order valence-corrected chi connectivity index (χ0v) is 16.0. The average Bonchev–Trinajstić information content (AvgIpc) is 2.66. The minimum Gasteiger partial charge on any atom is -0.347 e. The molecule has 5 nitrogen and oxygen atoms in total. The third-order valence-electron chi connectivity index (χ3n) is 4.49. The van der Waals surface area contributed by atoms with Crippen LogP contribution in [0.4, 0.5) is 8.78 Å². The van der Waals surface area contributed by atoms with Crippen LogP contribution in [0.2, 0.25) is 0 Å². The molecule has 3 rings (SSSR count). The highest BCUT2D eigenvalue weighted by atomic mass is 35.5. The van der Waals surface area contributed by atoms with Gasteiger partial charge in [0.25, 0.3) is 0 Å². The molecular formula is C20H22ClF2N3O2. The number of amides is 2. The Morgan fingerprint density at radius 2 is 1.82 bits per heavy atom. The SMILES string of the molecule is Cl.O=C(Cc1cccc(F)c1)NCC(=O)N1CCNCC1c1cccc(F)c1. The maximum atomic E-state index is 13.5. The first-order valence-electron chi connectivity index (χ1n) is 8.80. The number of carbonyl (C=O) groups excluding carboxylic acids is 2. The molecule has 1 saturated heterocycles. The lowest BCUT2D eigenvalue weighted by molar-refractivity contribution is -0.135. The van der Waals surface area contributed by atoms with E-state index in [0.717, 1.165) is 0 Å². The van der Waals surface area contributed by atoms with Crippen LogP contribution in [0.5, 0.6) is 0 Å². The van der Waals surface area contributed by atoms with Gasteiger partial charge in [0.2, 0.25) is 11.8 Å². The number of nitrogens with zero attached hydrogens (tertiary/aromatic N) is 1. The first-order chi connectivity index (χ1) is 13.0. The highest BCUT2D eigenvalue weighted by Crippen LogP contribution is 2.22. The summed E-state index contributed by atoms with van der Waals surface area (Å²) < 4.78 is 26.7. The van der Waals surface area contributed by atoms with Crippen LogP contribution >= 0.6 is 12.4 Å². The van der Waals surface area contributed by atoms with Crippen molar-refractivity contribution in [2.75, 3.05) is 26.2 Å². The summed E-state index contributed by atoms with van der Waals surface area (Å²) in [5, 5.41) is 5.79. The van der Waals surface area contributed by atoms with Crippen molar-refractivity contribution in [3.8, 4) is 0 Å². The molecule has 1 unspecified atom stereocenters. The van der Waals surface area contributed by atoms with Gasteiger partial charge in [0.05, 0.1) is 19.0 Å². The lowest BCUT2D eigenvalue weighted by atomic mass is 10.0. The maximum Gasteiger partial charge on any atom is 0.242 e. The summed E-state index contributed by atoms with van der Waals surface area (Å²) in [7, 11) is 0. The van der Waals surface area contributed by atoms with Crippen molar-refractivity contribution < 1.29 is 18.4 Å². The molecule has 0 radical (unpaired) electrons. The fourth-order valence-corrected chi connectivity index (χ4v) is 3.19. The van der Waals surface area contributed by atoms with Gasteiger partial charge in [-0.3, -0.25) is 9.59 Å². The molecule has 150 valence electrons. The normalized spacial score (nSPS) is 16.2. The van der Waals surface area contributed by atoms with Gasteiger partial charge in [-0.1, -0.05) is 24.3 Å². The summed E-state index contributed by atoms with van der Waals surface area (Å²) in [5.74, 6) is -1.35. The van der Waals surface area contributed by atoms with Crippen molar-refractivity contribution in [2.24, 2.45) is 0 Å². The second-order valence-corrected chi connectivity index (χ2v) is 6.45. The maximum absolute atomic E-state index is 13.5. The van der Waals surface area contributed by atoms with Crippen LogP contribution in [0, 0.1) is 11.6 Å². The van der Waals surface area contributed by atoms with Gasteiger partial charge in [-0.15, -0.1) is 12.4 Å². The Morgan fingerprint density at radius 1 is 1.11 bits per heavy atom. The third-order valence-corrected chi connectivity index (χ3v) is 4.49. The summed E-state index contributed by atoms with van der Waals surface area (Å²) in [6.45, 7) is 1.47. The Bertz CT molecular complexity index is 835. The van der Waals surface area contributed by atoms with Crippen LogP contribution in [0.15, 0.2) is 48.5 Å². The minimum atomic E-state index is -0.407. The Hall–Kier alpha value is -2.51. The summed E-state index contributed by atoms with van der Waals surface area (Å²) in [5.41, 5.74) is 1.25. The van der Waals surface area contributed by atoms with Crippen molar-refractivity contribution in [1.82, 2.24) is 15.5 Å². The van der Waals surface area contributed by atoms with Crippen molar-refractivity contribution in [3.05, 3.63) is 71.3 Å². The third kappa shape index (κ3) is 5.74. The second-order valence-electron chi connectivity index (χ2n) is 6.45. The van der Waals surface area contributed by atoms with E-state index in [4.69, 9.17) is 0 Å². The lowest BCUT2D eigenvalue weighted by Gasteiger charge is -2.36. The molecular weight excluding hydrogens is 388 g/mol. The molecule has 2 aromatic rings. The molecule has 0 aliphatic carbocycles. The molecule has 0 spiro atoms. The molecule has 8 heteroatoms. The molecule has 2 N–H and O–H groups in total. The van der Waals surface area contributed by atoms with E-state index in [1.807, 2.05) is 0 Å². The monoisotopic (exact) mass is 409 g/mol. The summed E-state index contributed by atoms with van der Waals surface area (Å²) in [6, 6.07) is 11.7. The van der Waals surface area contributed by atoms with Crippen LogP contribution < -0.4 is 10.6 Å². The molecule has 0 bridgehead atoms. The largest absolute Gasteiger partial charge is 0.347 e. The van der Waals surface area contributed by atoms with Gasteiger partial charge < -0.3 is 15.5 Å². The van der Waals surface area contributed by atoms with E-state index in [-0.39, 0.29) is 49.0 Å². The number of piperazine rings is 1. The van der Waals surface area contributed by atoms with E-state index in [1.54, 1.807) is 23.1 Å². The summed E-state index contributed by atoms with van der Waals surface area (Å²) in [4.78, 5) is 26.3.